The third-order valence-electron chi connectivity index (χ3n) is 5.91. The van der Waals surface area contributed by atoms with Gasteiger partial charge < -0.3 is 0 Å². The fourth-order valence-electron chi connectivity index (χ4n) is 3.97. The molecule has 2 aliphatic heterocycles. The van der Waals surface area contributed by atoms with Crippen LogP contribution in [0.2, 0.25) is 5.02 Å². The molecule has 0 atom stereocenters. The molecule has 10 heteroatoms. The number of sulfonamides is 1. The van der Waals surface area contributed by atoms with Crippen LogP contribution in [0.4, 0.5) is 5.13 Å². The molecule has 0 unspecified atom stereocenters. The molecule has 2 saturated heterocycles. The summed E-state index contributed by atoms with van der Waals surface area (Å²) < 4.78 is 27.2. The molecule has 1 N–H and O–H groups in total. The number of halogens is 1. The Labute approximate surface area is 192 Å². The molecule has 7 nitrogen and oxygen atoms in total. The maximum atomic E-state index is 12.9. The van der Waals surface area contributed by atoms with Crippen molar-refractivity contribution in [3.63, 3.8) is 0 Å². The predicted octanol–water partition coefficient (Wildman–Crippen LogP) is 4.07. The van der Waals surface area contributed by atoms with Gasteiger partial charge in [-0.05, 0) is 62.9 Å². The van der Waals surface area contributed by atoms with E-state index in [-0.39, 0.29) is 15.5 Å². The van der Waals surface area contributed by atoms with Crippen molar-refractivity contribution in [1.29, 1.82) is 0 Å². The molecule has 0 aliphatic carbocycles. The van der Waals surface area contributed by atoms with E-state index in [0.29, 0.717) is 18.2 Å². The number of likely N-dealkylation sites (tertiary alicyclic amines) is 1. The van der Waals surface area contributed by atoms with Gasteiger partial charge in [-0.25, -0.2) is 13.4 Å². The molecule has 3 heterocycles. The summed E-state index contributed by atoms with van der Waals surface area (Å²) in [7, 11) is -3.71. The molecule has 1 amide bonds. The van der Waals surface area contributed by atoms with Crippen LogP contribution in [-0.2, 0) is 16.6 Å². The first kappa shape index (κ1) is 22.7. The molecular formula is C21H27ClN4O3S2. The zero-order valence-corrected chi connectivity index (χ0v) is 19.9. The lowest BCUT2D eigenvalue weighted by molar-refractivity contribution is 0.102. The number of rotatable bonds is 6. The highest BCUT2D eigenvalue weighted by Gasteiger charge is 2.30. The Bertz CT molecular complexity index is 1040. The summed E-state index contributed by atoms with van der Waals surface area (Å²) in [5.41, 5.74) is 1.17. The summed E-state index contributed by atoms with van der Waals surface area (Å²) in [5.74, 6) is 0.377. The van der Waals surface area contributed by atoms with Crippen LogP contribution in [0, 0.1) is 5.92 Å². The van der Waals surface area contributed by atoms with Gasteiger partial charge in [0.2, 0.25) is 10.0 Å². The van der Waals surface area contributed by atoms with E-state index < -0.39 is 15.9 Å². The van der Waals surface area contributed by atoms with Gasteiger partial charge in [-0.1, -0.05) is 18.5 Å². The summed E-state index contributed by atoms with van der Waals surface area (Å²) in [6, 6.07) is 4.35. The molecule has 0 spiro atoms. The highest BCUT2D eigenvalue weighted by atomic mass is 35.5. The molecular weight excluding hydrogens is 456 g/mol. The maximum Gasteiger partial charge on any atom is 0.257 e. The lowest BCUT2D eigenvalue weighted by Crippen LogP contribution is -2.32. The topological polar surface area (TPSA) is 82.6 Å². The quantitative estimate of drug-likeness (QED) is 0.671. The van der Waals surface area contributed by atoms with Gasteiger partial charge in [0.15, 0.2) is 5.13 Å². The number of benzene rings is 1. The Hall–Kier alpha value is -1.52. The van der Waals surface area contributed by atoms with E-state index in [9.17, 15) is 13.2 Å². The van der Waals surface area contributed by atoms with Crippen molar-refractivity contribution in [2.24, 2.45) is 5.92 Å². The smallest absolute Gasteiger partial charge is 0.257 e. The summed E-state index contributed by atoms with van der Waals surface area (Å²) in [5, 5.41) is 5.37. The van der Waals surface area contributed by atoms with E-state index in [0.717, 1.165) is 44.1 Å². The van der Waals surface area contributed by atoms with Crippen molar-refractivity contribution in [3.05, 3.63) is 39.9 Å². The molecule has 0 saturated carbocycles. The number of aromatic nitrogens is 1. The number of carbonyl (C=O) groups excluding carboxylic acids is 1. The number of hydrogen-bond acceptors (Lipinski definition) is 6. The van der Waals surface area contributed by atoms with Crippen molar-refractivity contribution in [2.75, 3.05) is 31.5 Å². The summed E-state index contributed by atoms with van der Waals surface area (Å²) in [6.07, 6.45) is 4.07. The van der Waals surface area contributed by atoms with Crippen molar-refractivity contribution < 1.29 is 13.2 Å². The zero-order chi connectivity index (χ0) is 22.0. The lowest BCUT2D eigenvalue weighted by Gasteiger charge is -2.29. The van der Waals surface area contributed by atoms with E-state index in [1.807, 2.05) is 5.38 Å². The van der Waals surface area contributed by atoms with Crippen LogP contribution in [0.15, 0.2) is 28.5 Å². The number of anilines is 1. The van der Waals surface area contributed by atoms with Gasteiger partial charge in [0.25, 0.3) is 5.91 Å². The summed E-state index contributed by atoms with van der Waals surface area (Å²) in [4.78, 5) is 19.6. The Morgan fingerprint density at radius 1 is 1.23 bits per heavy atom. The van der Waals surface area contributed by atoms with Crippen LogP contribution in [0.3, 0.4) is 0 Å². The first-order chi connectivity index (χ1) is 14.8. The number of piperidine rings is 1. The van der Waals surface area contributed by atoms with E-state index >= 15 is 0 Å². The molecule has 168 valence electrons. The Balaban J connectivity index is 1.44. The molecule has 2 aromatic rings. The van der Waals surface area contributed by atoms with E-state index in [1.54, 1.807) is 0 Å². The third-order valence-corrected chi connectivity index (χ3v) is 9.10. The van der Waals surface area contributed by atoms with Crippen molar-refractivity contribution in [1.82, 2.24) is 14.2 Å². The number of carbonyl (C=O) groups is 1. The fraction of sp³-hybridized carbons (Fsp3) is 0.524. The summed E-state index contributed by atoms with van der Waals surface area (Å²) in [6.45, 7) is 6.16. The number of thiazole rings is 1. The number of nitrogens with one attached hydrogen (secondary N) is 1. The first-order valence-corrected chi connectivity index (χ1v) is 13.3. The molecule has 1 aromatic heterocycles. The van der Waals surface area contributed by atoms with Gasteiger partial charge in [-0.15, -0.1) is 11.3 Å². The minimum atomic E-state index is -3.71. The van der Waals surface area contributed by atoms with Crippen molar-refractivity contribution >= 4 is 44.0 Å². The van der Waals surface area contributed by atoms with Crippen LogP contribution >= 0.6 is 22.9 Å². The van der Waals surface area contributed by atoms with Gasteiger partial charge in [0.1, 0.15) is 4.90 Å². The number of hydrogen-bond donors (Lipinski definition) is 1. The van der Waals surface area contributed by atoms with Crippen LogP contribution in [0.25, 0.3) is 0 Å². The Morgan fingerprint density at radius 2 is 1.94 bits per heavy atom. The lowest BCUT2D eigenvalue weighted by atomic mass is 9.99. The molecule has 1 aromatic carbocycles. The van der Waals surface area contributed by atoms with Gasteiger partial charge in [0, 0.05) is 30.6 Å². The minimum Gasteiger partial charge on any atom is -0.298 e. The van der Waals surface area contributed by atoms with Crippen LogP contribution < -0.4 is 5.32 Å². The maximum absolute atomic E-state index is 12.9. The number of nitrogens with zero attached hydrogens (tertiary/aromatic N) is 3. The molecule has 31 heavy (non-hydrogen) atoms. The minimum absolute atomic E-state index is 0.0251. The van der Waals surface area contributed by atoms with E-state index in [1.165, 1.54) is 46.7 Å². The van der Waals surface area contributed by atoms with E-state index in [2.05, 4.69) is 22.1 Å². The van der Waals surface area contributed by atoms with Gasteiger partial charge in [0.05, 0.1) is 10.7 Å². The van der Waals surface area contributed by atoms with E-state index in [4.69, 9.17) is 11.6 Å². The monoisotopic (exact) mass is 482 g/mol. The molecule has 4 rings (SSSR count). The molecule has 2 fully saturated rings. The van der Waals surface area contributed by atoms with Crippen molar-refractivity contribution in [2.45, 2.75) is 44.0 Å². The number of amides is 1. The molecule has 2 aliphatic rings. The van der Waals surface area contributed by atoms with Gasteiger partial charge >= 0.3 is 0 Å². The molecule has 0 radical (unpaired) electrons. The first-order valence-electron chi connectivity index (χ1n) is 10.6. The largest absolute Gasteiger partial charge is 0.298 e. The highest BCUT2D eigenvalue weighted by molar-refractivity contribution is 7.89. The Morgan fingerprint density at radius 3 is 2.65 bits per heavy atom. The second kappa shape index (κ2) is 9.54. The van der Waals surface area contributed by atoms with Crippen LogP contribution in [0.1, 0.15) is 48.7 Å². The van der Waals surface area contributed by atoms with Crippen LogP contribution in [-0.4, -0.2) is 54.7 Å². The standard InChI is InChI=1S/C21H27ClN4O3S2/c1-15-6-10-25(11-7-15)13-17-14-30-21(23-17)24-20(27)16-4-5-18(22)19(12-16)31(28,29)26-8-2-3-9-26/h4-5,12,14-15H,2-3,6-11,13H2,1H3,(H,23,24,27). The molecule has 0 bridgehead atoms. The highest BCUT2D eigenvalue weighted by Crippen LogP contribution is 2.29. The second-order valence-corrected chi connectivity index (χ2v) is 11.5. The third kappa shape index (κ3) is 5.28. The second-order valence-electron chi connectivity index (χ2n) is 8.31. The average Bonchev–Trinajstić information content (AvgIpc) is 3.43. The van der Waals surface area contributed by atoms with Crippen molar-refractivity contribution in [3.8, 4) is 0 Å². The normalized spacial score (nSPS) is 19.0. The van der Waals surface area contributed by atoms with Gasteiger partial charge in [-0.2, -0.15) is 4.31 Å². The predicted molar refractivity (Wildman–Crippen MR) is 123 cm³/mol. The average molecular weight is 483 g/mol. The summed E-state index contributed by atoms with van der Waals surface area (Å²) >= 11 is 7.55. The Kier molecular flexibility index (Phi) is 6.98. The zero-order valence-electron chi connectivity index (χ0n) is 17.5. The fourth-order valence-corrected chi connectivity index (χ4v) is 6.68. The van der Waals surface area contributed by atoms with Gasteiger partial charge in [-0.3, -0.25) is 15.0 Å². The van der Waals surface area contributed by atoms with Crippen LogP contribution in [0.5, 0.6) is 0 Å². The SMILES string of the molecule is CC1CCN(Cc2csc(NC(=O)c3ccc(Cl)c(S(=O)(=O)N4CCCC4)c3)n2)CC1.